The van der Waals surface area contributed by atoms with Crippen LogP contribution in [0.3, 0.4) is 0 Å². The van der Waals surface area contributed by atoms with E-state index in [1.54, 1.807) is 36.5 Å². The highest BCUT2D eigenvalue weighted by molar-refractivity contribution is 7.91. The predicted octanol–water partition coefficient (Wildman–Crippen LogP) is 3.09. The number of amides is 1. The van der Waals surface area contributed by atoms with E-state index in [9.17, 15) is 17.6 Å². The molecule has 0 aliphatic carbocycles. The van der Waals surface area contributed by atoms with Crippen molar-refractivity contribution in [1.29, 1.82) is 0 Å². The van der Waals surface area contributed by atoms with E-state index in [-0.39, 0.29) is 29.6 Å². The average molecular weight is 398 g/mol. The third kappa shape index (κ3) is 4.80. The summed E-state index contributed by atoms with van der Waals surface area (Å²) in [6.07, 6.45) is 3.07. The van der Waals surface area contributed by atoms with Crippen LogP contribution in [0.5, 0.6) is 0 Å². The molecule has 0 fully saturated rings. The van der Waals surface area contributed by atoms with E-state index in [0.717, 1.165) is 0 Å². The Bertz CT molecular complexity index is 1020. The molecule has 28 heavy (non-hydrogen) atoms. The van der Waals surface area contributed by atoms with Crippen molar-refractivity contribution in [1.82, 2.24) is 10.3 Å². The summed E-state index contributed by atoms with van der Waals surface area (Å²) in [6, 6.07) is 17.0. The van der Waals surface area contributed by atoms with E-state index in [4.69, 9.17) is 0 Å². The highest BCUT2D eigenvalue weighted by Crippen LogP contribution is 2.27. The van der Waals surface area contributed by atoms with E-state index in [2.05, 4.69) is 10.3 Å². The first-order chi connectivity index (χ1) is 13.5. The third-order valence-electron chi connectivity index (χ3n) is 4.27. The number of nitrogens with one attached hydrogen (secondary N) is 1. The Balaban J connectivity index is 1.78. The Morgan fingerprint density at radius 3 is 2.36 bits per heavy atom. The number of hydrogen-bond acceptors (Lipinski definition) is 4. The summed E-state index contributed by atoms with van der Waals surface area (Å²) in [5.41, 5.74) is 1.14. The van der Waals surface area contributed by atoms with E-state index >= 15 is 0 Å². The first kappa shape index (κ1) is 19.7. The lowest BCUT2D eigenvalue weighted by Gasteiger charge is -2.19. The molecule has 0 radical (unpaired) electrons. The van der Waals surface area contributed by atoms with Crippen molar-refractivity contribution in [3.8, 4) is 0 Å². The van der Waals surface area contributed by atoms with Crippen molar-refractivity contribution < 1.29 is 17.6 Å². The molecule has 1 atom stereocenters. The van der Waals surface area contributed by atoms with Crippen LogP contribution < -0.4 is 5.32 Å². The summed E-state index contributed by atoms with van der Waals surface area (Å²) >= 11 is 0. The maximum atomic E-state index is 13.1. The summed E-state index contributed by atoms with van der Waals surface area (Å²) in [7, 11) is -3.73. The minimum absolute atomic E-state index is 0.0332. The molecule has 7 heteroatoms. The lowest BCUT2D eigenvalue weighted by Crippen LogP contribution is -2.33. The molecule has 0 spiro atoms. The van der Waals surface area contributed by atoms with Gasteiger partial charge < -0.3 is 5.32 Å². The number of rotatable bonds is 7. The van der Waals surface area contributed by atoms with Crippen LogP contribution in [0.1, 0.15) is 16.4 Å². The number of aromatic nitrogens is 1. The molecule has 0 unspecified atom stereocenters. The molecular weight excluding hydrogens is 379 g/mol. The van der Waals surface area contributed by atoms with Crippen LogP contribution in [-0.2, 0) is 21.1 Å². The van der Waals surface area contributed by atoms with E-state index in [1.165, 1.54) is 42.6 Å². The quantitative estimate of drug-likeness (QED) is 0.664. The van der Waals surface area contributed by atoms with Crippen LogP contribution in [0.25, 0.3) is 0 Å². The van der Waals surface area contributed by atoms with Gasteiger partial charge in [0.1, 0.15) is 11.1 Å². The fraction of sp³-hybridized carbons (Fsp3) is 0.143. The summed E-state index contributed by atoms with van der Waals surface area (Å²) in [5, 5.41) is 1.71. The Kier molecular flexibility index (Phi) is 6.16. The van der Waals surface area contributed by atoms with Crippen molar-refractivity contribution in [2.75, 3.05) is 6.54 Å². The summed E-state index contributed by atoms with van der Waals surface area (Å²) in [5.74, 6) is -0.724. The third-order valence-corrected chi connectivity index (χ3v) is 6.38. The van der Waals surface area contributed by atoms with Gasteiger partial charge >= 0.3 is 0 Å². The zero-order valence-electron chi connectivity index (χ0n) is 15.0. The van der Waals surface area contributed by atoms with Crippen molar-refractivity contribution in [2.45, 2.75) is 16.6 Å². The van der Waals surface area contributed by atoms with Crippen molar-refractivity contribution >= 4 is 15.7 Å². The van der Waals surface area contributed by atoms with Crippen LogP contribution in [0.2, 0.25) is 0 Å². The van der Waals surface area contributed by atoms with Crippen molar-refractivity contribution in [2.24, 2.45) is 0 Å². The van der Waals surface area contributed by atoms with Gasteiger partial charge in [-0.3, -0.25) is 9.78 Å². The molecule has 0 saturated carbocycles. The molecule has 1 aromatic heterocycles. The second-order valence-corrected chi connectivity index (χ2v) is 8.37. The minimum Gasteiger partial charge on any atom is -0.354 e. The smallest absolute Gasteiger partial charge is 0.224 e. The Labute approximate surface area is 163 Å². The van der Waals surface area contributed by atoms with Crippen LogP contribution in [-0.4, -0.2) is 25.9 Å². The molecule has 144 valence electrons. The number of benzene rings is 2. The fourth-order valence-electron chi connectivity index (χ4n) is 2.80. The molecule has 2 aromatic carbocycles. The standard InChI is InChI=1S/C21H19FN2O3S/c22-18-10-8-16(9-11-18)13-21(25)24-15-20(17-5-4-12-23-14-17)28(26,27)19-6-2-1-3-7-19/h1-12,14,20H,13,15H2,(H,24,25)/t20-/m1/s1. The molecule has 3 aromatic rings. The summed E-state index contributed by atoms with van der Waals surface area (Å²) < 4.78 is 39.2. The first-order valence-corrected chi connectivity index (χ1v) is 10.2. The van der Waals surface area contributed by atoms with E-state index in [0.29, 0.717) is 11.1 Å². The van der Waals surface area contributed by atoms with Crippen LogP contribution in [0, 0.1) is 5.82 Å². The van der Waals surface area contributed by atoms with E-state index < -0.39 is 15.1 Å². The summed E-state index contributed by atoms with van der Waals surface area (Å²) in [4.78, 5) is 16.5. The van der Waals surface area contributed by atoms with Gasteiger partial charge in [0, 0.05) is 18.9 Å². The number of sulfone groups is 1. The number of halogens is 1. The molecule has 0 saturated heterocycles. The lowest BCUT2D eigenvalue weighted by molar-refractivity contribution is -0.120. The topological polar surface area (TPSA) is 76.1 Å². The zero-order valence-corrected chi connectivity index (χ0v) is 15.8. The second-order valence-electron chi connectivity index (χ2n) is 6.24. The molecule has 0 bridgehead atoms. The summed E-state index contributed by atoms with van der Waals surface area (Å²) in [6.45, 7) is -0.0943. The maximum Gasteiger partial charge on any atom is 0.224 e. The molecule has 1 heterocycles. The van der Waals surface area contributed by atoms with Crippen LogP contribution in [0.15, 0.2) is 84.0 Å². The van der Waals surface area contributed by atoms with Gasteiger partial charge in [-0.2, -0.15) is 0 Å². The van der Waals surface area contributed by atoms with Gasteiger partial charge in [-0.05, 0) is 41.5 Å². The first-order valence-electron chi connectivity index (χ1n) is 8.67. The normalized spacial score (nSPS) is 12.3. The molecule has 0 aliphatic heterocycles. The van der Waals surface area contributed by atoms with Gasteiger partial charge in [0.05, 0.1) is 11.3 Å². The number of pyridine rings is 1. The number of hydrogen-bond donors (Lipinski definition) is 1. The average Bonchev–Trinajstić information content (AvgIpc) is 2.71. The Hall–Kier alpha value is -3.06. The molecule has 1 amide bonds. The second kappa shape index (κ2) is 8.75. The largest absolute Gasteiger partial charge is 0.354 e. The monoisotopic (exact) mass is 398 g/mol. The Morgan fingerprint density at radius 2 is 1.71 bits per heavy atom. The van der Waals surface area contributed by atoms with Crippen molar-refractivity contribution in [3.05, 3.63) is 96.1 Å². The SMILES string of the molecule is O=C(Cc1ccc(F)cc1)NC[C@H](c1cccnc1)S(=O)(=O)c1ccccc1. The van der Waals surface area contributed by atoms with Gasteiger partial charge in [0.15, 0.2) is 9.84 Å². The number of nitrogens with zero attached hydrogens (tertiary/aromatic N) is 1. The highest BCUT2D eigenvalue weighted by atomic mass is 32.2. The van der Waals surface area contributed by atoms with Crippen molar-refractivity contribution in [3.63, 3.8) is 0 Å². The van der Waals surface area contributed by atoms with Gasteiger partial charge in [-0.15, -0.1) is 0 Å². The maximum absolute atomic E-state index is 13.1. The van der Waals surface area contributed by atoms with Crippen LogP contribution >= 0.6 is 0 Å². The highest BCUT2D eigenvalue weighted by Gasteiger charge is 2.29. The molecule has 3 rings (SSSR count). The van der Waals surface area contributed by atoms with Gasteiger partial charge in [0.25, 0.3) is 0 Å². The molecule has 5 nitrogen and oxygen atoms in total. The van der Waals surface area contributed by atoms with Crippen LogP contribution in [0.4, 0.5) is 4.39 Å². The minimum atomic E-state index is -3.73. The molecule has 0 aliphatic rings. The molecule has 1 N–H and O–H groups in total. The van der Waals surface area contributed by atoms with Gasteiger partial charge in [0.2, 0.25) is 5.91 Å². The Morgan fingerprint density at radius 1 is 1.00 bits per heavy atom. The lowest BCUT2D eigenvalue weighted by atomic mass is 10.1. The van der Waals surface area contributed by atoms with E-state index in [1.807, 2.05) is 0 Å². The number of carbonyl (C=O) groups is 1. The van der Waals surface area contributed by atoms with Gasteiger partial charge in [-0.25, -0.2) is 12.8 Å². The van der Waals surface area contributed by atoms with Gasteiger partial charge in [-0.1, -0.05) is 36.4 Å². The fourth-order valence-corrected chi connectivity index (χ4v) is 4.47. The zero-order chi connectivity index (χ0) is 20.0. The molecular formula is C21H19FN2O3S. The number of carbonyl (C=O) groups excluding carboxylic acids is 1. The predicted molar refractivity (Wildman–Crippen MR) is 104 cm³/mol.